The highest BCUT2D eigenvalue weighted by molar-refractivity contribution is 5.85. The first-order chi connectivity index (χ1) is 17.0. The van der Waals surface area contributed by atoms with Crippen molar-refractivity contribution in [1.29, 1.82) is 0 Å². The molecule has 0 saturated heterocycles. The minimum absolute atomic E-state index is 0.0272. The number of amides is 2. The van der Waals surface area contributed by atoms with E-state index in [-0.39, 0.29) is 31.0 Å². The van der Waals surface area contributed by atoms with Crippen LogP contribution in [0.15, 0.2) is 60.9 Å². The number of rotatable bonds is 7. The molecular weight excluding hydrogens is 448 g/mol. The van der Waals surface area contributed by atoms with Gasteiger partial charge >= 0.3 is 12.1 Å². The number of nitrogens with one attached hydrogen (secondary N) is 2. The maximum Gasteiger partial charge on any atom is 0.411 e. The third-order valence-electron chi connectivity index (χ3n) is 6.68. The van der Waals surface area contributed by atoms with Crippen LogP contribution in [0.3, 0.4) is 0 Å². The van der Waals surface area contributed by atoms with Crippen LogP contribution in [-0.4, -0.2) is 45.5 Å². The van der Waals surface area contributed by atoms with Gasteiger partial charge in [0.05, 0.1) is 17.8 Å². The van der Waals surface area contributed by atoms with E-state index in [1.54, 1.807) is 6.20 Å². The first kappa shape index (κ1) is 22.6. The van der Waals surface area contributed by atoms with Gasteiger partial charge in [-0.15, -0.1) is 0 Å². The highest BCUT2D eigenvalue weighted by Gasteiger charge is 2.31. The number of carbonyl (C=O) groups is 3. The highest BCUT2D eigenvalue weighted by atomic mass is 16.5. The van der Waals surface area contributed by atoms with Crippen LogP contribution >= 0.6 is 0 Å². The van der Waals surface area contributed by atoms with Crippen molar-refractivity contribution >= 4 is 23.7 Å². The number of fused-ring (bicyclic) bond motifs is 3. The molecule has 1 saturated carbocycles. The number of carboxylic acids is 1. The Labute approximate surface area is 202 Å². The standard InChI is InChI=1S/C26H26N4O5/c31-24(28-17-10-9-16(11-17)25(32)33)14-30-13-18(12-27-30)29-26(34)35-15-23-21-7-3-1-5-19(21)20-6-2-4-8-22(20)23/h1-8,12-13,16-17,23H,9-11,14-15H2,(H,28,31)(H,29,34)(H,32,33). The molecule has 1 heterocycles. The minimum Gasteiger partial charge on any atom is -0.481 e. The molecule has 0 aliphatic heterocycles. The Bertz CT molecular complexity index is 1220. The summed E-state index contributed by atoms with van der Waals surface area (Å²) in [4.78, 5) is 35.8. The minimum atomic E-state index is -0.822. The van der Waals surface area contributed by atoms with Gasteiger partial charge in [0.15, 0.2) is 0 Å². The van der Waals surface area contributed by atoms with E-state index in [1.807, 2.05) is 24.3 Å². The molecule has 1 aromatic heterocycles. The zero-order valence-electron chi connectivity index (χ0n) is 19.0. The molecule has 9 nitrogen and oxygen atoms in total. The molecule has 2 aliphatic carbocycles. The molecule has 9 heteroatoms. The Hall–Kier alpha value is -4.14. The summed E-state index contributed by atoms with van der Waals surface area (Å²) in [6.45, 7) is 0.176. The molecule has 180 valence electrons. The quantitative estimate of drug-likeness (QED) is 0.481. The normalized spacial score (nSPS) is 18.5. The zero-order valence-corrected chi connectivity index (χ0v) is 19.0. The maximum absolute atomic E-state index is 12.4. The topological polar surface area (TPSA) is 123 Å². The van der Waals surface area contributed by atoms with Crippen LogP contribution in [0.1, 0.15) is 36.3 Å². The molecule has 3 N–H and O–H groups in total. The van der Waals surface area contributed by atoms with Gasteiger partial charge in [0.1, 0.15) is 13.2 Å². The zero-order chi connectivity index (χ0) is 24.4. The molecule has 0 bridgehead atoms. The van der Waals surface area contributed by atoms with E-state index in [1.165, 1.54) is 10.9 Å². The van der Waals surface area contributed by atoms with Gasteiger partial charge in [-0.1, -0.05) is 48.5 Å². The number of anilines is 1. The van der Waals surface area contributed by atoms with Gasteiger partial charge in [0, 0.05) is 18.2 Å². The van der Waals surface area contributed by atoms with Crippen LogP contribution in [0.25, 0.3) is 11.1 Å². The highest BCUT2D eigenvalue weighted by Crippen LogP contribution is 2.44. The number of hydrogen-bond acceptors (Lipinski definition) is 5. The Morgan fingerprint density at radius 1 is 1.03 bits per heavy atom. The second-order valence-electron chi connectivity index (χ2n) is 8.99. The number of carbonyl (C=O) groups excluding carboxylic acids is 2. The number of nitrogens with zero attached hydrogens (tertiary/aromatic N) is 2. The molecule has 5 rings (SSSR count). The summed E-state index contributed by atoms with van der Waals surface area (Å²) in [7, 11) is 0. The van der Waals surface area contributed by atoms with E-state index in [2.05, 4.69) is 40.0 Å². The fraction of sp³-hybridized carbons (Fsp3) is 0.308. The van der Waals surface area contributed by atoms with E-state index in [0.717, 1.165) is 22.3 Å². The van der Waals surface area contributed by atoms with Gasteiger partial charge in [-0.05, 0) is 41.5 Å². The molecule has 0 spiro atoms. The summed E-state index contributed by atoms with van der Waals surface area (Å²) < 4.78 is 6.95. The van der Waals surface area contributed by atoms with Crippen LogP contribution in [0.2, 0.25) is 0 Å². The number of carboxylic acid groups (broad SMARTS) is 1. The van der Waals surface area contributed by atoms with Gasteiger partial charge in [-0.3, -0.25) is 19.6 Å². The fourth-order valence-corrected chi connectivity index (χ4v) is 5.02. The second-order valence-corrected chi connectivity index (χ2v) is 8.99. The Balaban J connectivity index is 1.13. The summed E-state index contributed by atoms with van der Waals surface area (Å²) in [5.41, 5.74) is 5.01. The number of hydrogen-bond donors (Lipinski definition) is 3. The number of ether oxygens (including phenoxy) is 1. The first-order valence-corrected chi connectivity index (χ1v) is 11.6. The maximum atomic E-state index is 12.4. The van der Waals surface area contributed by atoms with Crippen molar-refractivity contribution in [2.45, 2.75) is 37.8 Å². The lowest BCUT2D eigenvalue weighted by Crippen LogP contribution is -2.35. The summed E-state index contributed by atoms with van der Waals surface area (Å²) >= 11 is 0. The number of benzene rings is 2. The largest absolute Gasteiger partial charge is 0.481 e. The molecule has 2 unspecified atom stereocenters. The summed E-state index contributed by atoms with van der Waals surface area (Å²) in [5, 5.41) is 18.7. The van der Waals surface area contributed by atoms with Crippen molar-refractivity contribution in [3.8, 4) is 11.1 Å². The summed E-state index contributed by atoms with van der Waals surface area (Å²) in [5.74, 6) is -1.51. The number of aromatic nitrogens is 2. The molecule has 2 aromatic carbocycles. The third kappa shape index (κ3) is 4.89. The monoisotopic (exact) mass is 474 g/mol. The predicted molar refractivity (Wildman–Crippen MR) is 128 cm³/mol. The van der Waals surface area contributed by atoms with Crippen molar-refractivity contribution < 1.29 is 24.2 Å². The van der Waals surface area contributed by atoms with Gasteiger partial charge in [0.2, 0.25) is 5.91 Å². The first-order valence-electron chi connectivity index (χ1n) is 11.6. The number of aliphatic carboxylic acids is 1. The van der Waals surface area contributed by atoms with E-state index in [4.69, 9.17) is 9.84 Å². The summed E-state index contributed by atoms with van der Waals surface area (Å²) in [6, 6.07) is 16.1. The van der Waals surface area contributed by atoms with Crippen molar-refractivity contribution in [2.75, 3.05) is 11.9 Å². The second kappa shape index (κ2) is 9.61. The average molecular weight is 475 g/mol. The van der Waals surface area contributed by atoms with Crippen LogP contribution in [0, 0.1) is 5.92 Å². The van der Waals surface area contributed by atoms with E-state index in [0.29, 0.717) is 24.9 Å². The molecule has 2 aliphatic rings. The lowest BCUT2D eigenvalue weighted by Gasteiger charge is -2.14. The Morgan fingerprint density at radius 3 is 2.37 bits per heavy atom. The fourth-order valence-electron chi connectivity index (χ4n) is 5.02. The van der Waals surface area contributed by atoms with Crippen LogP contribution < -0.4 is 10.6 Å². The predicted octanol–water partition coefficient (Wildman–Crippen LogP) is 3.61. The van der Waals surface area contributed by atoms with E-state index >= 15 is 0 Å². The van der Waals surface area contributed by atoms with Gasteiger partial charge in [-0.25, -0.2) is 4.79 Å². The van der Waals surface area contributed by atoms with Crippen LogP contribution in [-0.2, 0) is 20.9 Å². The van der Waals surface area contributed by atoms with Gasteiger partial charge < -0.3 is 15.2 Å². The van der Waals surface area contributed by atoms with Crippen molar-refractivity contribution in [2.24, 2.45) is 5.92 Å². The van der Waals surface area contributed by atoms with Gasteiger partial charge in [-0.2, -0.15) is 5.10 Å². The lowest BCUT2D eigenvalue weighted by molar-refractivity contribution is -0.141. The Morgan fingerprint density at radius 2 is 1.71 bits per heavy atom. The van der Waals surface area contributed by atoms with Gasteiger partial charge in [0.25, 0.3) is 0 Å². The SMILES string of the molecule is O=C(Cn1cc(NC(=O)OCC2c3ccccc3-c3ccccc32)cn1)NC1CCC(C(=O)O)C1. The van der Waals surface area contributed by atoms with Crippen molar-refractivity contribution in [3.05, 3.63) is 72.1 Å². The molecular formula is C26H26N4O5. The van der Waals surface area contributed by atoms with Crippen molar-refractivity contribution in [3.63, 3.8) is 0 Å². The van der Waals surface area contributed by atoms with Crippen LogP contribution in [0.5, 0.6) is 0 Å². The molecule has 3 aromatic rings. The molecule has 0 radical (unpaired) electrons. The molecule has 2 amide bonds. The molecule has 35 heavy (non-hydrogen) atoms. The smallest absolute Gasteiger partial charge is 0.411 e. The van der Waals surface area contributed by atoms with Crippen molar-refractivity contribution in [1.82, 2.24) is 15.1 Å². The molecule has 2 atom stereocenters. The van der Waals surface area contributed by atoms with E-state index in [9.17, 15) is 14.4 Å². The average Bonchev–Trinajstić information content (AvgIpc) is 3.56. The van der Waals surface area contributed by atoms with E-state index < -0.39 is 18.0 Å². The third-order valence-corrected chi connectivity index (χ3v) is 6.68. The summed E-state index contributed by atoms with van der Waals surface area (Å²) in [6.07, 6.45) is 4.06. The Kier molecular flexibility index (Phi) is 6.22. The molecule has 1 fully saturated rings. The van der Waals surface area contributed by atoms with Crippen LogP contribution in [0.4, 0.5) is 10.5 Å². The lowest BCUT2D eigenvalue weighted by atomic mass is 9.98.